The number of aliphatic hydroxyl groups excluding tert-OH is 1. The van der Waals surface area contributed by atoms with Crippen molar-refractivity contribution < 1.29 is 22.7 Å². The van der Waals surface area contributed by atoms with E-state index in [2.05, 4.69) is 5.32 Å². The third-order valence-electron chi connectivity index (χ3n) is 3.45. The molecule has 1 aromatic carbocycles. The van der Waals surface area contributed by atoms with Crippen LogP contribution < -0.4 is 5.32 Å². The minimum Gasteiger partial charge on any atom is -0.394 e. The highest BCUT2D eigenvalue weighted by atomic mass is 35.5. The summed E-state index contributed by atoms with van der Waals surface area (Å²) >= 11 is 0. The molecule has 0 radical (unpaired) electrons. The Morgan fingerprint density at radius 1 is 1.24 bits per heavy atom. The van der Waals surface area contributed by atoms with Gasteiger partial charge in [-0.15, -0.1) is 12.4 Å². The Morgan fingerprint density at radius 3 is 2.33 bits per heavy atom. The molecular formula is C13H17ClF4N2O. The molecule has 21 heavy (non-hydrogen) atoms. The van der Waals surface area contributed by atoms with Crippen molar-refractivity contribution in [1.29, 1.82) is 0 Å². The van der Waals surface area contributed by atoms with E-state index < -0.39 is 23.6 Å². The van der Waals surface area contributed by atoms with Crippen LogP contribution in [0.5, 0.6) is 0 Å². The number of piperazine rings is 1. The van der Waals surface area contributed by atoms with Crippen LogP contribution in [0.3, 0.4) is 0 Å². The summed E-state index contributed by atoms with van der Waals surface area (Å²) in [5, 5.41) is 12.6. The summed E-state index contributed by atoms with van der Waals surface area (Å²) in [4.78, 5) is 1.93. The van der Waals surface area contributed by atoms with E-state index in [4.69, 9.17) is 0 Å². The molecule has 2 rings (SSSR count). The summed E-state index contributed by atoms with van der Waals surface area (Å²) in [6.07, 6.45) is -4.70. The molecule has 0 saturated carbocycles. The third kappa shape index (κ3) is 4.29. The number of benzene rings is 1. The van der Waals surface area contributed by atoms with Gasteiger partial charge in [-0.2, -0.15) is 13.2 Å². The molecule has 8 heteroatoms. The summed E-state index contributed by atoms with van der Waals surface area (Å²) in [6, 6.07) is 2.35. The molecule has 1 heterocycles. The monoisotopic (exact) mass is 328 g/mol. The lowest BCUT2D eigenvalue weighted by Gasteiger charge is -2.34. The zero-order valence-electron chi connectivity index (χ0n) is 11.2. The van der Waals surface area contributed by atoms with E-state index in [0.29, 0.717) is 18.7 Å². The first-order chi connectivity index (χ1) is 9.43. The summed E-state index contributed by atoms with van der Waals surface area (Å²) in [6.45, 7) is 2.53. The fourth-order valence-corrected chi connectivity index (χ4v) is 2.39. The molecule has 1 atom stereocenters. The van der Waals surface area contributed by atoms with Gasteiger partial charge in [0, 0.05) is 26.2 Å². The van der Waals surface area contributed by atoms with E-state index in [1.807, 2.05) is 4.90 Å². The van der Waals surface area contributed by atoms with Crippen LogP contribution in [0.1, 0.15) is 17.2 Å². The van der Waals surface area contributed by atoms with E-state index in [1.165, 1.54) is 6.07 Å². The standard InChI is InChI=1S/C13H16F4N2O.ClH/c14-11-7-9(1-2-10(11)13(15,16)17)12(8-20)19-5-3-18-4-6-19;/h1-2,7,12,18,20H,3-6,8H2;1H/t12-;/m0./s1. The predicted molar refractivity (Wildman–Crippen MR) is 72.9 cm³/mol. The molecule has 1 aliphatic heterocycles. The first-order valence-electron chi connectivity index (χ1n) is 6.35. The van der Waals surface area contributed by atoms with Crippen LogP contribution in [0.15, 0.2) is 18.2 Å². The van der Waals surface area contributed by atoms with E-state index in [1.54, 1.807) is 0 Å². The van der Waals surface area contributed by atoms with Gasteiger partial charge in [0.1, 0.15) is 5.82 Å². The zero-order valence-corrected chi connectivity index (χ0v) is 12.0. The topological polar surface area (TPSA) is 35.5 Å². The first-order valence-corrected chi connectivity index (χ1v) is 6.35. The van der Waals surface area contributed by atoms with Crippen LogP contribution in [0.4, 0.5) is 17.6 Å². The molecule has 120 valence electrons. The lowest BCUT2D eigenvalue weighted by Crippen LogP contribution is -2.46. The number of rotatable bonds is 3. The van der Waals surface area contributed by atoms with E-state index in [-0.39, 0.29) is 19.0 Å². The zero-order chi connectivity index (χ0) is 14.8. The maximum absolute atomic E-state index is 13.6. The molecular weight excluding hydrogens is 312 g/mol. The molecule has 1 saturated heterocycles. The van der Waals surface area contributed by atoms with Crippen LogP contribution >= 0.6 is 12.4 Å². The highest BCUT2D eigenvalue weighted by molar-refractivity contribution is 5.85. The van der Waals surface area contributed by atoms with Gasteiger partial charge in [-0.3, -0.25) is 4.90 Å². The minimum absolute atomic E-state index is 0. The Balaban J connectivity index is 0.00000220. The van der Waals surface area contributed by atoms with Crippen LogP contribution in [-0.4, -0.2) is 42.8 Å². The fourth-order valence-electron chi connectivity index (χ4n) is 2.39. The molecule has 0 amide bonds. The van der Waals surface area contributed by atoms with Gasteiger partial charge in [0.05, 0.1) is 18.2 Å². The Hall–Kier alpha value is -0.890. The number of hydrogen-bond donors (Lipinski definition) is 2. The lowest BCUT2D eigenvalue weighted by atomic mass is 10.0. The fraction of sp³-hybridized carbons (Fsp3) is 0.538. The second kappa shape index (κ2) is 7.40. The number of hydrogen-bond acceptors (Lipinski definition) is 3. The quantitative estimate of drug-likeness (QED) is 0.835. The van der Waals surface area contributed by atoms with Gasteiger partial charge in [-0.25, -0.2) is 4.39 Å². The summed E-state index contributed by atoms with van der Waals surface area (Å²) in [5.41, 5.74) is -0.918. The SMILES string of the molecule is Cl.OC[C@@H](c1ccc(C(F)(F)F)c(F)c1)N1CCNCC1. The van der Waals surface area contributed by atoms with Crippen molar-refractivity contribution in [3.05, 3.63) is 35.1 Å². The van der Waals surface area contributed by atoms with Gasteiger partial charge in [0.15, 0.2) is 0 Å². The molecule has 1 fully saturated rings. The Bertz CT molecular complexity index is 464. The Kier molecular flexibility index (Phi) is 6.40. The number of nitrogens with zero attached hydrogens (tertiary/aromatic N) is 1. The van der Waals surface area contributed by atoms with Gasteiger partial charge < -0.3 is 10.4 Å². The van der Waals surface area contributed by atoms with E-state index >= 15 is 0 Å². The van der Waals surface area contributed by atoms with Gasteiger partial charge in [0.25, 0.3) is 0 Å². The molecule has 0 spiro atoms. The van der Waals surface area contributed by atoms with Crippen molar-refractivity contribution >= 4 is 12.4 Å². The van der Waals surface area contributed by atoms with Crippen LogP contribution in [-0.2, 0) is 6.18 Å². The van der Waals surface area contributed by atoms with Gasteiger partial charge in [-0.05, 0) is 17.7 Å². The van der Waals surface area contributed by atoms with Crippen molar-refractivity contribution in [3.63, 3.8) is 0 Å². The second-order valence-corrected chi connectivity index (χ2v) is 4.72. The predicted octanol–water partition coefficient (Wildman–Crippen LogP) is 2.20. The maximum Gasteiger partial charge on any atom is 0.419 e. The van der Waals surface area contributed by atoms with Gasteiger partial charge >= 0.3 is 6.18 Å². The molecule has 2 N–H and O–H groups in total. The summed E-state index contributed by atoms with van der Waals surface area (Å²) in [5.74, 6) is -1.30. The molecule has 0 unspecified atom stereocenters. The lowest BCUT2D eigenvalue weighted by molar-refractivity contribution is -0.140. The minimum atomic E-state index is -4.70. The first kappa shape index (κ1) is 18.2. The van der Waals surface area contributed by atoms with Crippen molar-refractivity contribution in [2.45, 2.75) is 12.2 Å². The Labute approximate surface area is 126 Å². The maximum atomic E-state index is 13.6. The van der Waals surface area contributed by atoms with Crippen molar-refractivity contribution in [1.82, 2.24) is 10.2 Å². The van der Waals surface area contributed by atoms with Crippen LogP contribution in [0.2, 0.25) is 0 Å². The number of alkyl halides is 3. The van der Waals surface area contributed by atoms with E-state index in [0.717, 1.165) is 25.2 Å². The smallest absolute Gasteiger partial charge is 0.394 e. The average Bonchev–Trinajstić information content (AvgIpc) is 2.39. The highest BCUT2D eigenvalue weighted by Crippen LogP contribution is 2.33. The van der Waals surface area contributed by atoms with Gasteiger partial charge in [-0.1, -0.05) is 6.07 Å². The molecule has 1 aliphatic rings. The van der Waals surface area contributed by atoms with Crippen molar-refractivity contribution in [2.24, 2.45) is 0 Å². The summed E-state index contributed by atoms with van der Waals surface area (Å²) < 4.78 is 51.1. The molecule has 3 nitrogen and oxygen atoms in total. The molecule has 0 bridgehead atoms. The normalized spacial score (nSPS) is 18.1. The van der Waals surface area contributed by atoms with E-state index in [9.17, 15) is 22.7 Å². The largest absolute Gasteiger partial charge is 0.419 e. The third-order valence-corrected chi connectivity index (χ3v) is 3.45. The molecule has 1 aromatic rings. The number of nitrogens with one attached hydrogen (secondary N) is 1. The van der Waals surface area contributed by atoms with Crippen LogP contribution in [0, 0.1) is 5.82 Å². The second-order valence-electron chi connectivity index (χ2n) is 4.72. The summed E-state index contributed by atoms with van der Waals surface area (Å²) in [7, 11) is 0. The number of aliphatic hydroxyl groups is 1. The van der Waals surface area contributed by atoms with Gasteiger partial charge in [0.2, 0.25) is 0 Å². The van der Waals surface area contributed by atoms with Crippen molar-refractivity contribution in [3.8, 4) is 0 Å². The van der Waals surface area contributed by atoms with Crippen molar-refractivity contribution in [2.75, 3.05) is 32.8 Å². The van der Waals surface area contributed by atoms with Crippen LogP contribution in [0.25, 0.3) is 0 Å². The molecule has 0 aliphatic carbocycles. The Morgan fingerprint density at radius 2 is 1.86 bits per heavy atom. The average molecular weight is 329 g/mol. The highest BCUT2D eigenvalue weighted by Gasteiger charge is 2.34. The number of halogens is 5. The molecule has 0 aromatic heterocycles.